The molecule has 0 atom stereocenters. The Morgan fingerprint density at radius 2 is 1.87 bits per heavy atom. The molecule has 5 rings (SSSR count). The summed E-state index contributed by atoms with van der Waals surface area (Å²) in [4.78, 5) is 30.9. The van der Waals surface area contributed by atoms with E-state index in [1.165, 1.54) is 0 Å². The van der Waals surface area contributed by atoms with E-state index in [-0.39, 0.29) is 5.43 Å². The number of primary amides is 1. The van der Waals surface area contributed by atoms with Crippen LogP contribution in [0.15, 0.2) is 63.9 Å². The second-order valence-electron chi connectivity index (χ2n) is 7.19. The van der Waals surface area contributed by atoms with Crippen molar-refractivity contribution in [2.45, 2.75) is 0 Å². The fourth-order valence-electron chi connectivity index (χ4n) is 3.86. The Balaban J connectivity index is 1.69. The van der Waals surface area contributed by atoms with Crippen LogP contribution in [0.25, 0.3) is 33.0 Å². The topological polar surface area (TPSA) is 98.7 Å². The van der Waals surface area contributed by atoms with Crippen molar-refractivity contribution in [3.63, 3.8) is 0 Å². The summed E-state index contributed by atoms with van der Waals surface area (Å²) in [6.07, 6.45) is 1.56. The maximum Gasteiger partial charge on any atom is 0.249 e. The molecular formula is C23H19N3O4. The van der Waals surface area contributed by atoms with E-state index in [9.17, 15) is 9.59 Å². The van der Waals surface area contributed by atoms with Crippen LogP contribution in [-0.2, 0) is 4.74 Å². The number of aromatic nitrogens is 1. The lowest BCUT2D eigenvalue weighted by Crippen LogP contribution is -2.36. The van der Waals surface area contributed by atoms with Crippen LogP contribution >= 0.6 is 0 Å². The number of amides is 1. The summed E-state index contributed by atoms with van der Waals surface area (Å²) in [6, 6.07) is 14.2. The average molecular weight is 401 g/mol. The van der Waals surface area contributed by atoms with Crippen molar-refractivity contribution in [1.29, 1.82) is 0 Å². The number of carbonyl (C=O) groups excluding carboxylic acids is 1. The normalized spacial score (nSPS) is 14.3. The zero-order valence-corrected chi connectivity index (χ0v) is 16.1. The number of hydrogen-bond donors (Lipinski definition) is 1. The van der Waals surface area contributed by atoms with E-state index < -0.39 is 5.91 Å². The molecule has 1 saturated heterocycles. The molecule has 1 aliphatic heterocycles. The predicted molar refractivity (Wildman–Crippen MR) is 115 cm³/mol. The summed E-state index contributed by atoms with van der Waals surface area (Å²) >= 11 is 0. The highest BCUT2D eigenvalue weighted by atomic mass is 16.5. The highest BCUT2D eigenvalue weighted by Crippen LogP contribution is 2.32. The largest absolute Gasteiger partial charge is 0.440 e. The molecule has 0 saturated carbocycles. The number of rotatable bonds is 3. The van der Waals surface area contributed by atoms with Gasteiger partial charge in [-0.3, -0.25) is 14.6 Å². The fourth-order valence-corrected chi connectivity index (χ4v) is 3.86. The summed E-state index contributed by atoms with van der Waals surface area (Å²) < 4.78 is 11.6. The molecule has 2 aromatic heterocycles. The first-order chi connectivity index (χ1) is 14.6. The van der Waals surface area contributed by atoms with Gasteiger partial charge in [0.15, 0.2) is 11.3 Å². The molecular weight excluding hydrogens is 382 g/mol. The van der Waals surface area contributed by atoms with Crippen LogP contribution in [-0.4, -0.2) is 37.2 Å². The zero-order valence-electron chi connectivity index (χ0n) is 16.1. The van der Waals surface area contributed by atoms with Crippen molar-refractivity contribution in [2.75, 3.05) is 31.2 Å². The van der Waals surface area contributed by atoms with Gasteiger partial charge < -0.3 is 19.8 Å². The number of benzene rings is 2. The molecule has 0 radical (unpaired) electrons. The maximum atomic E-state index is 12.8. The van der Waals surface area contributed by atoms with Crippen molar-refractivity contribution in [1.82, 2.24) is 4.98 Å². The van der Waals surface area contributed by atoms with E-state index in [1.807, 2.05) is 35.2 Å². The number of para-hydroxylation sites is 1. The standard InChI is InChI=1S/C23H19N3O4/c24-23(28)17-6-7-25-19-12-14(4-5-16(17)19)15-2-1-3-18-20(27)13-21(30-22(15)18)26-8-10-29-11-9-26/h1-7,12-13H,8-11H2,(H2,24,28). The number of anilines is 1. The molecule has 3 heterocycles. The van der Waals surface area contributed by atoms with Crippen LogP contribution < -0.4 is 16.1 Å². The molecule has 150 valence electrons. The van der Waals surface area contributed by atoms with Crippen LogP contribution in [0.2, 0.25) is 0 Å². The first kappa shape index (κ1) is 18.3. The number of nitrogens with zero attached hydrogens (tertiary/aromatic N) is 2. The quantitative estimate of drug-likeness (QED) is 0.567. The van der Waals surface area contributed by atoms with Crippen LogP contribution in [0.4, 0.5) is 5.88 Å². The van der Waals surface area contributed by atoms with Crippen LogP contribution in [0.1, 0.15) is 10.4 Å². The van der Waals surface area contributed by atoms with Crippen molar-refractivity contribution in [3.8, 4) is 11.1 Å². The second-order valence-corrected chi connectivity index (χ2v) is 7.19. The van der Waals surface area contributed by atoms with Crippen molar-refractivity contribution in [3.05, 3.63) is 70.5 Å². The Labute approximate surface area is 171 Å². The third-order valence-electron chi connectivity index (χ3n) is 5.38. The van der Waals surface area contributed by atoms with Gasteiger partial charge in [0.05, 0.1) is 29.7 Å². The molecule has 1 fully saturated rings. The number of morpholine rings is 1. The number of pyridine rings is 1. The lowest BCUT2D eigenvalue weighted by molar-refractivity contribution is 0.100. The highest BCUT2D eigenvalue weighted by molar-refractivity contribution is 6.06. The smallest absolute Gasteiger partial charge is 0.249 e. The Hall–Kier alpha value is -3.71. The van der Waals surface area contributed by atoms with Gasteiger partial charge in [0.25, 0.3) is 0 Å². The third-order valence-corrected chi connectivity index (χ3v) is 5.38. The number of nitrogens with two attached hydrogens (primary N) is 1. The first-order valence-corrected chi connectivity index (χ1v) is 9.70. The van der Waals surface area contributed by atoms with E-state index in [0.717, 1.165) is 11.1 Å². The average Bonchev–Trinajstić information content (AvgIpc) is 2.78. The van der Waals surface area contributed by atoms with Crippen LogP contribution in [0, 0.1) is 0 Å². The monoisotopic (exact) mass is 401 g/mol. The fraction of sp³-hybridized carbons (Fsp3) is 0.174. The van der Waals surface area contributed by atoms with Crippen LogP contribution in [0.3, 0.4) is 0 Å². The maximum absolute atomic E-state index is 12.8. The Morgan fingerprint density at radius 1 is 1.03 bits per heavy atom. The minimum Gasteiger partial charge on any atom is -0.440 e. The van der Waals surface area contributed by atoms with Gasteiger partial charge in [0.1, 0.15) is 5.58 Å². The Bertz CT molecular complexity index is 1340. The molecule has 4 aromatic rings. The summed E-state index contributed by atoms with van der Waals surface area (Å²) in [5, 5.41) is 1.20. The van der Waals surface area contributed by atoms with Crippen LogP contribution in [0.5, 0.6) is 0 Å². The van der Waals surface area contributed by atoms with Gasteiger partial charge in [-0.25, -0.2) is 0 Å². The van der Waals surface area contributed by atoms with Gasteiger partial charge in [-0.15, -0.1) is 0 Å². The van der Waals surface area contributed by atoms with Gasteiger partial charge in [0, 0.05) is 36.3 Å². The SMILES string of the molecule is NC(=O)c1ccnc2cc(-c3cccc4c(=O)cc(N5CCOCC5)oc34)ccc12. The Kier molecular flexibility index (Phi) is 4.44. The summed E-state index contributed by atoms with van der Waals surface area (Å²) in [5.41, 5.74) is 8.60. The van der Waals surface area contributed by atoms with Gasteiger partial charge in [0.2, 0.25) is 5.91 Å². The minimum absolute atomic E-state index is 0.0884. The van der Waals surface area contributed by atoms with E-state index >= 15 is 0 Å². The van der Waals surface area contributed by atoms with Gasteiger partial charge in [-0.1, -0.05) is 24.3 Å². The van der Waals surface area contributed by atoms with E-state index in [1.54, 1.807) is 24.4 Å². The van der Waals surface area contributed by atoms with Crippen molar-refractivity contribution >= 4 is 33.7 Å². The third kappa shape index (κ3) is 3.09. The molecule has 7 heteroatoms. The molecule has 0 unspecified atom stereocenters. The van der Waals surface area contributed by atoms with E-state index in [2.05, 4.69) is 4.98 Å². The number of ether oxygens (including phenoxy) is 1. The van der Waals surface area contributed by atoms with Gasteiger partial charge >= 0.3 is 0 Å². The van der Waals surface area contributed by atoms with Crippen molar-refractivity contribution in [2.24, 2.45) is 5.73 Å². The minimum atomic E-state index is -0.499. The Morgan fingerprint density at radius 3 is 2.67 bits per heavy atom. The first-order valence-electron chi connectivity index (χ1n) is 9.70. The highest BCUT2D eigenvalue weighted by Gasteiger charge is 2.17. The molecule has 0 aliphatic carbocycles. The predicted octanol–water partition coefficient (Wildman–Crippen LogP) is 2.94. The molecule has 2 aromatic carbocycles. The molecule has 2 N–H and O–H groups in total. The summed E-state index contributed by atoms with van der Waals surface area (Å²) in [7, 11) is 0. The van der Waals surface area contributed by atoms with Crippen molar-refractivity contribution < 1.29 is 13.9 Å². The summed E-state index contributed by atoms with van der Waals surface area (Å²) in [6.45, 7) is 2.54. The molecule has 0 bridgehead atoms. The lowest BCUT2D eigenvalue weighted by atomic mass is 9.99. The second kappa shape index (κ2) is 7.27. The van der Waals surface area contributed by atoms with E-state index in [0.29, 0.717) is 59.6 Å². The number of fused-ring (bicyclic) bond motifs is 2. The zero-order chi connectivity index (χ0) is 20.7. The summed E-state index contributed by atoms with van der Waals surface area (Å²) in [5.74, 6) is 0.0413. The molecule has 1 aliphatic rings. The molecule has 1 amide bonds. The lowest BCUT2D eigenvalue weighted by Gasteiger charge is -2.27. The van der Waals surface area contributed by atoms with E-state index in [4.69, 9.17) is 14.9 Å². The molecule has 0 spiro atoms. The molecule has 7 nitrogen and oxygen atoms in total. The number of hydrogen-bond acceptors (Lipinski definition) is 6. The molecule has 30 heavy (non-hydrogen) atoms. The van der Waals surface area contributed by atoms with Gasteiger partial charge in [-0.2, -0.15) is 0 Å². The van der Waals surface area contributed by atoms with Gasteiger partial charge in [-0.05, 0) is 23.8 Å². The number of carbonyl (C=O) groups is 1.